The van der Waals surface area contributed by atoms with Gasteiger partial charge < -0.3 is 19.3 Å². The molecule has 0 spiro atoms. The van der Waals surface area contributed by atoms with E-state index in [1.54, 1.807) is 36.4 Å². The lowest BCUT2D eigenvalue weighted by Gasteiger charge is -2.26. The van der Waals surface area contributed by atoms with Gasteiger partial charge in [0.25, 0.3) is 0 Å². The highest BCUT2D eigenvalue weighted by Gasteiger charge is 2.20. The number of amides is 2. The number of benzene rings is 2. The van der Waals surface area contributed by atoms with E-state index in [-0.39, 0.29) is 5.41 Å². The molecule has 0 radical (unpaired) electrons. The summed E-state index contributed by atoms with van der Waals surface area (Å²) in [5, 5.41) is 16.6. The first-order valence-corrected chi connectivity index (χ1v) is 13.2. The molecule has 3 N–H and O–H groups in total. The van der Waals surface area contributed by atoms with Gasteiger partial charge in [-0.1, -0.05) is 38.1 Å². The summed E-state index contributed by atoms with van der Waals surface area (Å²) in [6, 6.07) is 15.0. The molecular formula is C29H33FN6O4. The van der Waals surface area contributed by atoms with Crippen molar-refractivity contribution in [2.45, 2.75) is 26.2 Å². The fourth-order valence-electron chi connectivity index (χ4n) is 4.22. The van der Waals surface area contributed by atoms with E-state index in [0.29, 0.717) is 46.6 Å². The number of ether oxygens (including phenoxy) is 2. The molecule has 1 aliphatic rings. The van der Waals surface area contributed by atoms with Crippen LogP contribution in [0, 0.1) is 5.82 Å². The highest BCUT2D eigenvalue weighted by Crippen LogP contribution is 2.29. The zero-order chi connectivity index (χ0) is 28.1. The van der Waals surface area contributed by atoms with Gasteiger partial charge in [-0.15, -0.1) is 0 Å². The number of carbonyl (C=O) groups is 1. The fraction of sp³-hybridized carbons (Fsp3) is 0.345. The number of hydrogen-bond donors (Lipinski definition) is 3. The van der Waals surface area contributed by atoms with Crippen LogP contribution in [0.1, 0.15) is 26.5 Å². The van der Waals surface area contributed by atoms with E-state index in [2.05, 4.69) is 30.9 Å². The lowest BCUT2D eigenvalue weighted by molar-refractivity contribution is 0.0322. The van der Waals surface area contributed by atoms with Crippen molar-refractivity contribution >= 4 is 17.5 Å². The van der Waals surface area contributed by atoms with Crippen LogP contribution in [0.25, 0.3) is 22.5 Å². The Kier molecular flexibility index (Phi) is 8.13. The Morgan fingerprint density at radius 2 is 1.85 bits per heavy atom. The molecular weight excluding hydrogens is 515 g/mol. The first-order chi connectivity index (χ1) is 19.2. The largest absolute Gasteiger partial charge is 0.492 e. The molecule has 0 unspecified atom stereocenters. The average molecular weight is 549 g/mol. The van der Waals surface area contributed by atoms with Gasteiger partial charge in [-0.2, -0.15) is 5.10 Å². The Morgan fingerprint density at radius 1 is 1.07 bits per heavy atom. The lowest BCUT2D eigenvalue weighted by Crippen LogP contribution is -2.38. The highest BCUT2D eigenvalue weighted by atomic mass is 19.1. The van der Waals surface area contributed by atoms with Crippen LogP contribution in [0.3, 0.4) is 0 Å². The number of urea groups is 1. The summed E-state index contributed by atoms with van der Waals surface area (Å²) >= 11 is 0. The Morgan fingerprint density at radius 3 is 2.55 bits per heavy atom. The molecule has 40 heavy (non-hydrogen) atoms. The van der Waals surface area contributed by atoms with Crippen molar-refractivity contribution < 1.29 is 23.2 Å². The topological polar surface area (TPSA) is 118 Å². The monoisotopic (exact) mass is 548 g/mol. The predicted octanol–water partition coefficient (Wildman–Crippen LogP) is 5.52. The quantitative estimate of drug-likeness (QED) is 0.265. The van der Waals surface area contributed by atoms with Gasteiger partial charge in [-0.05, 0) is 30.3 Å². The fourth-order valence-corrected chi connectivity index (χ4v) is 4.22. The van der Waals surface area contributed by atoms with Gasteiger partial charge >= 0.3 is 6.03 Å². The Bertz CT molecular complexity index is 1440. The second-order valence-corrected chi connectivity index (χ2v) is 10.6. The minimum Gasteiger partial charge on any atom is -0.492 e. The van der Waals surface area contributed by atoms with Gasteiger partial charge in [0.2, 0.25) is 0 Å². The SMILES string of the molecule is CC(C)(C)c1cc(NC(=O)Nc2ccc(-c3cc(-c4ccc(OCCN5CCOCC5)cc4F)[nH]n3)cc2)no1. The van der Waals surface area contributed by atoms with Crippen LogP contribution in [0.5, 0.6) is 5.75 Å². The maximum absolute atomic E-state index is 14.9. The molecule has 2 aromatic carbocycles. The van der Waals surface area contributed by atoms with Gasteiger partial charge in [0, 0.05) is 54.0 Å². The van der Waals surface area contributed by atoms with E-state index in [0.717, 1.165) is 38.4 Å². The summed E-state index contributed by atoms with van der Waals surface area (Å²) in [6.07, 6.45) is 0. The molecule has 2 amide bonds. The summed E-state index contributed by atoms with van der Waals surface area (Å²) in [7, 11) is 0. The molecule has 5 rings (SSSR count). The van der Waals surface area contributed by atoms with Crippen LogP contribution >= 0.6 is 0 Å². The van der Waals surface area contributed by atoms with Gasteiger partial charge in [0.05, 0.1) is 24.6 Å². The van der Waals surface area contributed by atoms with E-state index < -0.39 is 11.8 Å². The Hall–Kier alpha value is -4.22. The van der Waals surface area contributed by atoms with Crippen LogP contribution < -0.4 is 15.4 Å². The molecule has 0 atom stereocenters. The molecule has 0 saturated carbocycles. The van der Waals surface area contributed by atoms with Crippen molar-refractivity contribution in [3.63, 3.8) is 0 Å². The zero-order valence-electron chi connectivity index (χ0n) is 22.8. The number of anilines is 2. The molecule has 3 heterocycles. The van der Waals surface area contributed by atoms with Crippen molar-refractivity contribution in [1.82, 2.24) is 20.3 Å². The third-order valence-corrected chi connectivity index (χ3v) is 6.52. The first kappa shape index (κ1) is 27.4. The third kappa shape index (κ3) is 6.85. The first-order valence-electron chi connectivity index (χ1n) is 13.2. The molecule has 0 aliphatic carbocycles. The van der Waals surface area contributed by atoms with Crippen molar-refractivity contribution in [2.24, 2.45) is 0 Å². The van der Waals surface area contributed by atoms with Gasteiger partial charge in [0.1, 0.15) is 23.9 Å². The summed E-state index contributed by atoms with van der Waals surface area (Å²) in [5.74, 6) is 1.10. The van der Waals surface area contributed by atoms with Crippen LogP contribution in [-0.2, 0) is 10.2 Å². The minimum atomic E-state index is -0.437. The molecule has 1 aliphatic heterocycles. The number of aromatic amines is 1. The number of H-pyrrole nitrogens is 1. The zero-order valence-corrected chi connectivity index (χ0v) is 22.8. The van der Waals surface area contributed by atoms with Crippen molar-refractivity contribution in [1.29, 1.82) is 0 Å². The normalized spacial score (nSPS) is 14.2. The molecule has 210 valence electrons. The summed E-state index contributed by atoms with van der Waals surface area (Å²) in [5.41, 5.74) is 2.79. The highest BCUT2D eigenvalue weighted by molar-refractivity contribution is 5.99. The summed E-state index contributed by atoms with van der Waals surface area (Å²) in [6.45, 7) is 10.5. The number of rotatable bonds is 8. The number of hydrogen-bond acceptors (Lipinski definition) is 7. The maximum atomic E-state index is 14.9. The van der Waals surface area contributed by atoms with Gasteiger partial charge in [0.15, 0.2) is 5.82 Å². The van der Waals surface area contributed by atoms with E-state index in [9.17, 15) is 9.18 Å². The molecule has 1 fully saturated rings. The lowest BCUT2D eigenvalue weighted by atomic mass is 9.93. The molecule has 0 bridgehead atoms. The second-order valence-electron chi connectivity index (χ2n) is 10.6. The molecule has 10 nitrogen and oxygen atoms in total. The van der Waals surface area contributed by atoms with Crippen LogP contribution in [0.2, 0.25) is 0 Å². The molecule has 11 heteroatoms. The predicted molar refractivity (Wildman–Crippen MR) is 150 cm³/mol. The number of carbonyl (C=O) groups excluding carboxylic acids is 1. The van der Waals surface area contributed by atoms with E-state index in [1.807, 2.05) is 32.9 Å². The van der Waals surface area contributed by atoms with Crippen LogP contribution in [-0.4, -0.2) is 65.7 Å². The van der Waals surface area contributed by atoms with Crippen molar-refractivity contribution in [3.05, 3.63) is 66.2 Å². The van der Waals surface area contributed by atoms with Crippen LogP contribution in [0.15, 0.2) is 59.1 Å². The van der Waals surface area contributed by atoms with Crippen LogP contribution in [0.4, 0.5) is 20.7 Å². The third-order valence-electron chi connectivity index (χ3n) is 6.52. The number of nitrogens with one attached hydrogen (secondary N) is 3. The molecule has 2 aromatic heterocycles. The maximum Gasteiger partial charge on any atom is 0.324 e. The minimum absolute atomic E-state index is 0.210. The average Bonchev–Trinajstić information content (AvgIpc) is 3.60. The summed E-state index contributed by atoms with van der Waals surface area (Å²) in [4.78, 5) is 14.6. The van der Waals surface area contributed by atoms with Crippen molar-refractivity contribution in [3.8, 4) is 28.3 Å². The van der Waals surface area contributed by atoms with E-state index in [1.165, 1.54) is 6.07 Å². The van der Waals surface area contributed by atoms with E-state index >= 15 is 0 Å². The number of nitrogens with zero attached hydrogens (tertiary/aromatic N) is 3. The number of halogens is 1. The smallest absolute Gasteiger partial charge is 0.324 e. The van der Waals surface area contributed by atoms with Gasteiger partial charge in [-0.25, -0.2) is 9.18 Å². The standard InChI is InChI=1S/C29H33FN6O4/c1-29(2,3)26-18-27(35-40-26)32-28(37)31-20-6-4-19(5-7-20)24-17-25(34-33-24)22-9-8-21(16-23(22)30)39-15-12-36-10-13-38-14-11-36/h4-9,16-18H,10-15H2,1-3H3,(H,33,34)(H2,31,32,35,37). The Balaban J connectivity index is 1.16. The van der Waals surface area contributed by atoms with Gasteiger partial charge in [-0.3, -0.25) is 15.3 Å². The number of aromatic nitrogens is 3. The number of morpholine rings is 1. The Labute approximate surface area is 231 Å². The molecule has 4 aromatic rings. The molecule has 1 saturated heterocycles. The van der Waals surface area contributed by atoms with E-state index in [4.69, 9.17) is 14.0 Å². The van der Waals surface area contributed by atoms with Crippen molar-refractivity contribution in [2.75, 3.05) is 50.1 Å². The second kappa shape index (κ2) is 11.9. The summed E-state index contributed by atoms with van der Waals surface area (Å²) < 4.78 is 31.3.